The summed E-state index contributed by atoms with van der Waals surface area (Å²) in [6, 6.07) is 7.59. The third-order valence-corrected chi connectivity index (χ3v) is 4.85. The highest BCUT2D eigenvalue weighted by molar-refractivity contribution is 9.10. The molecule has 2 rings (SSSR count). The first-order valence-corrected chi connectivity index (χ1v) is 7.89. The summed E-state index contributed by atoms with van der Waals surface area (Å²) < 4.78 is 6.63. The van der Waals surface area contributed by atoms with Crippen LogP contribution in [0.25, 0.3) is 0 Å². The van der Waals surface area contributed by atoms with Gasteiger partial charge in [0, 0.05) is 15.1 Å². The number of aryl methyl sites for hydroxylation is 2. The predicted molar refractivity (Wildman–Crippen MR) is 92.4 cm³/mol. The van der Waals surface area contributed by atoms with Crippen LogP contribution in [0.2, 0.25) is 5.02 Å². The molecule has 0 saturated carbocycles. The summed E-state index contributed by atoms with van der Waals surface area (Å²) >= 11 is 9.63. The Hall–Kier alpha value is -1.03. The molecule has 2 aromatic carbocycles. The lowest BCUT2D eigenvalue weighted by Gasteiger charge is -2.22. The Labute approximate surface area is 139 Å². The van der Waals surface area contributed by atoms with Gasteiger partial charge in [-0.15, -0.1) is 0 Å². The minimum Gasteiger partial charge on any atom is -0.496 e. The van der Waals surface area contributed by atoms with Gasteiger partial charge in [-0.05, 0) is 61.2 Å². The van der Waals surface area contributed by atoms with Gasteiger partial charge in [-0.3, -0.25) is 0 Å². The lowest BCUT2D eigenvalue weighted by atomic mass is 9.91. The maximum atomic E-state index is 6.54. The fourth-order valence-electron chi connectivity index (χ4n) is 2.66. The topological polar surface area (TPSA) is 35.2 Å². The number of rotatable bonds is 3. The molecule has 1 unspecified atom stereocenters. The molecule has 0 aromatic heterocycles. The van der Waals surface area contributed by atoms with Crippen LogP contribution in [0.3, 0.4) is 0 Å². The van der Waals surface area contributed by atoms with Crippen LogP contribution in [-0.4, -0.2) is 7.11 Å². The van der Waals surface area contributed by atoms with E-state index in [0.717, 1.165) is 43.1 Å². The van der Waals surface area contributed by atoms with Crippen molar-refractivity contribution in [3.05, 3.63) is 61.6 Å². The van der Waals surface area contributed by atoms with Crippen LogP contribution in [-0.2, 0) is 0 Å². The van der Waals surface area contributed by atoms with Crippen LogP contribution in [0.4, 0.5) is 0 Å². The zero-order valence-electron chi connectivity index (χ0n) is 12.6. The van der Waals surface area contributed by atoms with Crippen molar-refractivity contribution in [3.8, 4) is 5.75 Å². The van der Waals surface area contributed by atoms with Gasteiger partial charge in [-0.2, -0.15) is 0 Å². The van der Waals surface area contributed by atoms with E-state index in [2.05, 4.69) is 22.0 Å². The van der Waals surface area contributed by atoms with Crippen LogP contribution in [0.5, 0.6) is 5.75 Å². The first-order chi connectivity index (χ1) is 9.86. The molecule has 0 aliphatic rings. The second kappa shape index (κ2) is 6.39. The van der Waals surface area contributed by atoms with Gasteiger partial charge in [0.2, 0.25) is 0 Å². The summed E-state index contributed by atoms with van der Waals surface area (Å²) in [6.45, 7) is 6.09. The third-order valence-electron chi connectivity index (χ3n) is 3.79. The summed E-state index contributed by atoms with van der Waals surface area (Å²) in [4.78, 5) is 0. The van der Waals surface area contributed by atoms with E-state index in [0.29, 0.717) is 0 Å². The molecule has 0 saturated heterocycles. The second-order valence-corrected chi connectivity index (χ2v) is 6.52. The highest BCUT2D eigenvalue weighted by Crippen LogP contribution is 2.38. The summed E-state index contributed by atoms with van der Waals surface area (Å²) in [7, 11) is 1.68. The number of halogens is 2. The van der Waals surface area contributed by atoms with Gasteiger partial charge in [0.25, 0.3) is 0 Å². The van der Waals surface area contributed by atoms with Crippen LogP contribution in [0.1, 0.15) is 33.9 Å². The van der Waals surface area contributed by atoms with E-state index in [1.54, 1.807) is 7.11 Å². The van der Waals surface area contributed by atoms with Crippen molar-refractivity contribution in [2.45, 2.75) is 26.8 Å². The lowest BCUT2D eigenvalue weighted by Crippen LogP contribution is -2.16. The van der Waals surface area contributed by atoms with Crippen molar-refractivity contribution < 1.29 is 4.74 Å². The molecule has 1 atom stereocenters. The highest BCUT2D eigenvalue weighted by Gasteiger charge is 2.21. The monoisotopic (exact) mass is 367 g/mol. The molecule has 2 N–H and O–H groups in total. The summed E-state index contributed by atoms with van der Waals surface area (Å²) in [5.41, 5.74) is 11.8. The van der Waals surface area contributed by atoms with Gasteiger partial charge in [0.05, 0.1) is 13.2 Å². The van der Waals surface area contributed by atoms with E-state index in [1.165, 1.54) is 0 Å². The molecule has 0 bridgehead atoms. The minimum absolute atomic E-state index is 0.256. The number of hydrogen-bond acceptors (Lipinski definition) is 2. The number of nitrogens with two attached hydrogens (primary N) is 1. The molecule has 0 heterocycles. The van der Waals surface area contributed by atoms with Crippen molar-refractivity contribution in [1.82, 2.24) is 0 Å². The zero-order chi connectivity index (χ0) is 15.7. The maximum Gasteiger partial charge on any atom is 0.127 e. The predicted octanol–water partition coefficient (Wildman–Crippen LogP) is 5.08. The first kappa shape index (κ1) is 16.3. The van der Waals surface area contributed by atoms with E-state index in [4.69, 9.17) is 22.1 Å². The normalized spacial score (nSPS) is 12.3. The van der Waals surface area contributed by atoms with Crippen LogP contribution in [0.15, 0.2) is 28.7 Å². The maximum absolute atomic E-state index is 6.54. The number of ether oxygens (including phenoxy) is 1. The Morgan fingerprint density at radius 3 is 2.38 bits per heavy atom. The van der Waals surface area contributed by atoms with E-state index >= 15 is 0 Å². The Balaban J connectivity index is 2.65. The molecule has 112 valence electrons. The number of methoxy groups -OCH3 is 1. The summed E-state index contributed by atoms with van der Waals surface area (Å²) in [5.74, 6) is 0.845. The molecule has 0 radical (unpaired) electrons. The van der Waals surface area contributed by atoms with Crippen molar-refractivity contribution >= 4 is 27.5 Å². The van der Waals surface area contributed by atoms with Gasteiger partial charge in [0.1, 0.15) is 5.75 Å². The van der Waals surface area contributed by atoms with Gasteiger partial charge in [0.15, 0.2) is 0 Å². The van der Waals surface area contributed by atoms with Gasteiger partial charge < -0.3 is 10.5 Å². The van der Waals surface area contributed by atoms with Crippen molar-refractivity contribution in [3.63, 3.8) is 0 Å². The minimum atomic E-state index is -0.256. The Morgan fingerprint density at radius 2 is 1.81 bits per heavy atom. The Kier molecular flexibility index (Phi) is 4.97. The van der Waals surface area contributed by atoms with Crippen molar-refractivity contribution in [2.75, 3.05) is 7.11 Å². The molecule has 21 heavy (non-hydrogen) atoms. The molecular formula is C17H19BrClNO. The Bertz CT molecular complexity index is 685. The molecule has 0 fully saturated rings. The number of benzene rings is 2. The third kappa shape index (κ3) is 3.10. The quantitative estimate of drug-likeness (QED) is 0.819. The van der Waals surface area contributed by atoms with Crippen molar-refractivity contribution in [1.29, 1.82) is 0 Å². The molecule has 0 amide bonds. The van der Waals surface area contributed by atoms with Gasteiger partial charge >= 0.3 is 0 Å². The molecule has 0 aliphatic heterocycles. The Morgan fingerprint density at radius 1 is 1.14 bits per heavy atom. The van der Waals surface area contributed by atoms with Gasteiger partial charge in [-0.25, -0.2) is 0 Å². The van der Waals surface area contributed by atoms with Crippen LogP contribution < -0.4 is 10.5 Å². The summed E-state index contributed by atoms with van der Waals surface area (Å²) in [5, 5.41) is 0.720. The summed E-state index contributed by atoms with van der Waals surface area (Å²) in [6.07, 6.45) is 0. The molecule has 0 spiro atoms. The SMILES string of the molecule is COc1c(C)cc(Br)c(C)c1C(N)c1ccc(Cl)cc1C. The van der Waals surface area contributed by atoms with Crippen LogP contribution in [0, 0.1) is 20.8 Å². The molecule has 4 heteroatoms. The van der Waals surface area contributed by atoms with Crippen LogP contribution >= 0.6 is 27.5 Å². The highest BCUT2D eigenvalue weighted by atomic mass is 79.9. The van der Waals surface area contributed by atoms with E-state index in [-0.39, 0.29) is 6.04 Å². The van der Waals surface area contributed by atoms with E-state index in [1.807, 2.05) is 39.0 Å². The largest absolute Gasteiger partial charge is 0.496 e. The van der Waals surface area contributed by atoms with Crippen molar-refractivity contribution in [2.24, 2.45) is 5.73 Å². The van der Waals surface area contributed by atoms with E-state index in [9.17, 15) is 0 Å². The average Bonchev–Trinajstić information content (AvgIpc) is 2.41. The molecule has 2 aromatic rings. The second-order valence-electron chi connectivity index (χ2n) is 5.23. The average molecular weight is 369 g/mol. The molecule has 2 nitrogen and oxygen atoms in total. The molecular weight excluding hydrogens is 350 g/mol. The van der Waals surface area contributed by atoms with E-state index < -0.39 is 0 Å². The smallest absolute Gasteiger partial charge is 0.127 e. The first-order valence-electron chi connectivity index (χ1n) is 6.72. The van der Waals surface area contributed by atoms with Gasteiger partial charge in [-0.1, -0.05) is 33.6 Å². The fraction of sp³-hybridized carbons (Fsp3) is 0.294. The molecule has 0 aliphatic carbocycles. The zero-order valence-corrected chi connectivity index (χ0v) is 15.0. The fourth-order valence-corrected chi connectivity index (χ4v) is 3.45. The standard InChI is InChI=1S/C17H19BrClNO/c1-9-7-12(19)5-6-13(9)16(20)15-11(3)14(18)8-10(2)17(15)21-4/h5-8,16H,20H2,1-4H3. The lowest BCUT2D eigenvalue weighted by molar-refractivity contribution is 0.404. The number of hydrogen-bond donors (Lipinski definition) is 1.